The number of carboxylic acids is 2. The molecular weight excluding hydrogens is 185 g/mol. The molecule has 0 saturated heterocycles. The monoisotopic (exact) mass is 195 g/mol. The largest absolute Gasteiger partial charge is 0.481 e. The van der Waals surface area contributed by atoms with Crippen molar-refractivity contribution in [2.45, 2.75) is 24.7 Å². The van der Waals surface area contributed by atoms with Crippen LogP contribution >= 0.6 is 0 Å². The van der Waals surface area contributed by atoms with Crippen LogP contribution in [0.2, 0.25) is 0 Å². The summed E-state index contributed by atoms with van der Waals surface area (Å²) in [5.41, 5.74) is 4.76. The molecule has 0 aliphatic rings. The summed E-state index contributed by atoms with van der Waals surface area (Å²) in [6, 6.07) is -2.13. The lowest BCUT2D eigenvalue weighted by Crippen LogP contribution is -2.50. The highest BCUT2D eigenvalue weighted by Crippen LogP contribution is 2.18. The minimum atomic E-state index is -3.19. The number of rotatable bonds is 5. The molecule has 0 bridgehead atoms. The second-order valence-corrected chi connectivity index (χ2v) is 2.53. The number of nitrogens with two attached hydrogens (primary N) is 1. The minimum Gasteiger partial charge on any atom is -0.481 e. The molecule has 0 amide bonds. The summed E-state index contributed by atoms with van der Waals surface area (Å²) in [5, 5.41) is 25.1. The Bertz CT molecular complexity index is 217. The lowest BCUT2D eigenvalue weighted by atomic mass is 10.0. The average Bonchev–Trinajstić information content (AvgIpc) is 1.99. The summed E-state index contributed by atoms with van der Waals surface area (Å²) in [5.74, 6) is -6.26. The number of halogens is 1. The van der Waals surface area contributed by atoms with Crippen molar-refractivity contribution in [2.75, 3.05) is 0 Å². The molecule has 2 atom stereocenters. The Morgan fingerprint density at radius 3 is 2.23 bits per heavy atom. The molecule has 0 saturated carbocycles. The van der Waals surface area contributed by atoms with Crippen molar-refractivity contribution < 1.29 is 29.3 Å². The van der Waals surface area contributed by atoms with E-state index in [2.05, 4.69) is 0 Å². The first-order valence-corrected chi connectivity index (χ1v) is 3.39. The zero-order valence-electron chi connectivity index (χ0n) is 6.61. The normalized spacial score (nSPS) is 17.5. The first-order chi connectivity index (χ1) is 5.77. The van der Waals surface area contributed by atoms with E-state index in [9.17, 15) is 14.0 Å². The van der Waals surface area contributed by atoms with Crippen LogP contribution in [-0.2, 0) is 9.59 Å². The third kappa shape index (κ3) is 3.81. The van der Waals surface area contributed by atoms with Crippen LogP contribution in [0.4, 0.5) is 4.39 Å². The van der Waals surface area contributed by atoms with Crippen molar-refractivity contribution in [2.24, 2.45) is 5.73 Å². The third-order valence-corrected chi connectivity index (χ3v) is 1.43. The van der Waals surface area contributed by atoms with Gasteiger partial charge in [-0.25, -0.2) is 4.39 Å². The molecular formula is C6H10FNO5. The van der Waals surface area contributed by atoms with Gasteiger partial charge in [0.2, 0.25) is 5.85 Å². The molecule has 0 heterocycles. The fourth-order valence-corrected chi connectivity index (χ4v) is 0.627. The highest BCUT2D eigenvalue weighted by Gasteiger charge is 2.39. The molecule has 0 aromatic carbocycles. The molecule has 6 nitrogen and oxygen atoms in total. The van der Waals surface area contributed by atoms with Gasteiger partial charge in [0.05, 0.1) is 6.42 Å². The number of aliphatic carboxylic acids is 2. The van der Waals surface area contributed by atoms with E-state index in [1.54, 1.807) is 0 Å². The van der Waals surface area contributed by atoms with Gasteiger partial charge in [-0.15, -0.1) is 0 Å². The van der Waals surface area contributed by atoms with Gasteiger partial charge in [-0.2, -0.15) is 0 Å². The van der Waals surface area contributed by atoms with Gasteiger partial charge < -0.3 is 21.1 Å². The lowest BCUT2D eigenvalue weighted by Gasteiger charge is -2.21. The van der Waals surface area contributed by atoms with E-state index >= 15 is 0 Å². The van der Waals surface area contributed by atoms with Crippen LogP contribution in [0.1, 0.15) is 12.8 Å². The highest BCUT2D eigenvalue weighted by molar-refractivity contribution is 5.74. The van der Waals surface area contributed by atoms with Crippen LogP contribution in [0, 0.1) is 0 Å². The van der Waals surface area contributed by atoms with Crippen LogP contribution in [0.5, 0.6) is 0 Å². The van der Waals surface area contributed by atoms with Crippen molar-refractivity contribution in [3.8, 4) is 0 Å². The van der Waals surface area contributed by atoms with Crippen LogP contribution in [-0.4, -0.2) is 39.2 Å². The quantitative estimate of drug-likeness (QED) is 0.442. The molecule has 0 aromatic heterocycles. The second-order valence-electron chi connectivity index (χ2n) is 2.53. The Balaban J connectivity index is 4.21. The molecule has 5 N–H and O–H groups in total. The maximum Gasteiger partial charge on any atom is 0.326 e. The van der Waals surface area contributed by atoms with Gasteiger partial charge in [0.1, 0.15) is 0 Å². The zero-order valence-corrected chi connectivity index (χ0v) is 6.61. The summed E-state index contributed by atoms with van der Waals surface area (Å²) >= 11 is 0. The van der Waals surface area contributed by atoms with E-state index in [0.29, 0.717) is 0 Å². The molecule has 0 fully saturated rings. The van der Waals surface area contributed by atoms with E-state index in [4.69, 9.17) is 21.1 Å². The summed E-state index contributed by atoms with van der Waals surface area (Å²) in [6.45, 7) is 0. The molecule has 13 heavy (non-hydrogen) atoms. The topological polar surface area (TPSA) is 121 Å². The van der Waals surface area contributed by atoms with E-state index in [-0.39, 0.29) is 0 Å². The van der Waals surface area contributed by atoms with Crippen LogP contribution in [0.25, 0.3) is 0 Å². The molecule has 0 aliphatic carbocycles. The molecule has 76 valence electrons. The predicted octanol–water partition coefficient (Wildman–Crippen LogP) is -1.08. The van der Waals surface area contributed by atoms with Crippen molar-refractivity contribution in [3.05, 3.63) is 0 Å². The molecule has 0 aliphatic heterocycles. The van der Waals surface area contributed by atoms with Gasteiger partial charge in [0, 0.05) is 6.42 Å². The van der Waals surface area contributed by atoms with Gasteiger partial charge in [-0.05, 0) is 0 Å². The fourth-order valence-electron chi connectivity index (χ4n) is 0.627. The van der Waals surface area contributed by atoms with Crippen LogP contribution < -0.4 is 5.73 Å². The van der Waals surface area contributed by atoms with E-state index < -0.39 is 36.7 Å². The summed E-state index contributed by atoms with van der Waals surface area (Å²) in [4.78, 5) is 20.1. The maximum atomic E-state index is 12.9. The number of carbonyl (C=O) groups is 2. The Kier molecular flexibility index (Phi) is 3.76. The molecule has 7 heteroatoms. The Morgan fingerprint density at radius 2 is 1.92 bits per heavy atom. The number of carboxylic acid groups (broad SMARTS) is 2. The minimum absolute atomic E-state index is 0.687. The van der Waals surface area contributed by atoms with E-state index in [1.807, 2.05) is 0 Å². The standard InChI is InChI=1S/C6H10FNO5/c7-6(13,2-1-3(9)10)4(8)5(11)12/h4,13H,1-2,8H2,(H,9,10)(H,11,12). The van der Waals surface area contributed by atoms with Gasteiger partial charge in [0.15, 0.2) is 6.04 Å². The number of hydrogen-bond acceptors (Lipinski definition) is 4. The fraction of sp³-hybridized carbons (Fsp3) is 0.667. The van der Waals surface area contributed by atoms with Crippen LogP contribution in [0.15, 0.2) is 0 Å². The first kappa shape index (κ1) is 11.8. The van der Waals surface area contributed by atoms with Crippen molar-refractivity contribution >= 4 is 11.9 Å². The highest BCUT2D eigenvalue weighted by atomic mass is 19.2. The summed E-state index contributed by atoms with van der Waals surface area (Å²) in [6.07, 6.45) is -1.54. The van der Waals surface area contributed by atoms with Crippen molar-refractivity contribution in [1.29, 1.82) is 0 Å². The SMILES string of the molecule is NC(C(=O)O)C(O)(F)CCC(=O)O. The molecule has 0 rings (SSSR count). The lowest BCUT2D eigenvalue weighted by molar-refractivity contribution is -0.164. The smallest absolute Gasteiger partial charge is 0.326 e. The van der Waals surface area contributed by atoms with Crippen molar-refractivity contribution in [1.82, 2.24) is 0 Å². The van der Waals surface area contributed by atoms with Crippen LogP contribution in [0.3, 0.4) is 0 Å². The first-order valence-electron chi connectivity index (χ1n) is 3.39. The Labute approximate surface area is 72.8 Å². The van der Waals surface area contributed by atoms with Crippen molar-refractivity contribution in [3.63, 3.8) is 0 Å². The predicted molar refractivity (Wildman–Crippen MR) is 38.5 cm³/mol. The molecule has 0 spiro atoms. The number of alkyl halides is 1. The van der Waals surface area contributed by atoms with E-state index in [1.165, 1.54) is 0 Å². The molecule has 2 unspecified atom stereocenters. The third-order valence-electron chi connectivity index (χ3n) is 1.43. The average molecular weight is 195 g/mol. The Morgan fingerprint density at radius 1 is 1.46 bits per heavy atom. The Hall–Kier alpha value is -1.21. The number of aliphatic hydroxyl groups is 1. The van der Waals surface area contributed by atoms with Gasteiger partial charge in [0.25, 0.3) is 0 Å². The van der Waals surface area contributed by atoms with Gasteiger partial charge in [-0.1, -0.05) is 0 Å². The zero-order chi connectivity index (χ0) is 10.6. The maximum absolute atomic E-state index is 12.9. The second kappa shape index (κ2) is 4.15. The molecule has 0 aromatic rings. The van der Waals surface area contributed by atoms with Gasteiger partial charge in [-0.3, -0.25) is 9.59 Å². The van der Waals surface area contributed by atoms with Gasteiger partial charge >= 0.3 is 11.9 Å². The van der Waals surface area contributed by atoms with E-state index in [0.717, 1.165) is 0 Å². The summed E-state index contributed by atoms with van der Waals surface area (Å²) in [7, 11) is 0. The molecule has 0 radical (unpaired) electrons. The summed E-state index contributed by atoms with van der Waals surface area (Å²) < 4.78 is 12.9. The number of hydrogen-bond donors (Lipinski definition) is 4.